The van der Waals surface area contributed by atoms with Crippen molar-refractivity contribution in [2.75, 3.05) is 20.3 Å². The van der Waals surface area contributed by atoms with Crippen molar-refractivity contribution in [1.29, 1.82) is 0 Å². The molecule has 2 aromatic carbocycles. The summed E-state index contributed by atoms with van der Waals surface area (Å²) in [7, 11) is 1.59. The van der Waals surface area contributed by atoms with Crippen LogP contribution in [-0.4, -0.2) is 32.4 Å². The van der Waals surface area contributed by atoms with Crippen LogP contribution in [0.4, 0.5) is 0 Å². The minimum Gasteiger partial charge on any atom is -0.493 e. The Hall–Kier alpha value is -3.02. The van der Waals surface area contributed by atoms with E-state index in [0.29, 0.717) is 18.1 Å². The number of para-hydroxylation sites is 1. The Labute approximate surface area is 160 Å². The first-order valence-electron chi connectivity index (χ1n) is 8.87. The molecule has 0 aliphatic carbocycles. The van der Waals surface area contributed by atoms with E-state index in [9.17, 15) is 4.79 Å². The van der Waals surface area contributed by atoms with E-state index in [1.54, 1.807) is 19.4 Å². The average Bonchev–Trinajstić information content (AvgIpc) is 2.66. The van der Waals surface area contributed by atoms with Crippen molar-refractivity contribution in [3.8, 4) is 17.2 Å². The number of amides is 1. The van der Waals surface area contributed by atoms with Crippen LogP contribution in [-0.2, 0) is 4.79 Å². The van der Waals surface area contributed by atoms with Crippen LogP contribution in [0.3, 0.4) is 0 Å². The van der Waals surface area contributed by atoms with Gasteiger partial charge in [0, 0.05) is 0 Å². The molecule has 0 aliphatic heterocycles. The van der Waals surface area contributed by atoms with Gasteiger partial charge in [0.2, 0.25) is 0 Å². The third-order valence-electron chi connectivity index (χ3n) is 3.81. The van der Waals surface area contributed by atoms with Crippen LogP contribution in [0.1, 0.15) is 30.0 Å². The Bertz CT molecular complexity index is 783. The number of aryl methyl sites for hydroxylation is 2. The van der Waals surface area contributed by atoms with Crippen LogP contribution in [0.2, 0.25) is 0 Å². The molecular weight excluding hydrogens is 344 g/mol. The molecule has 0 aliphatic rings. The highest BCUT2D eigenvalue weighted by Crippen LogP contribution is 2.27. The quantitative estimate of drug-likeness (QED) is 0.541. The van der Waals surface area contributed by atoms with Gasteiger partial charge in [0.15, 0.2) is 18.1 Å². The molecule has 6 nitrogen and oxygen atoms in total. The van der Waals surface area contributed by atoms with E-state index >= 15 is 0 Å². The summed E-state index contributed by atoms with van der Waals surface area (Å²) in [5, 5.41) is 3.96. The molecular formula is C21H26N2O4. The molecule has 1 amide bonds. The second-order valence-electron chi connectivity index (χ2n) is 6.06. The monoisotopic (exact) mass is 370 g/mol. The number of ether oxygens (including phenoxy) is 3. The average molecular weight is 370 g/mol. The van der Waals surface area contributed by atoms with Crippen LogP contribution < -0.4 is 19.6 Å². The van der Waals surface area contributed by atoms with Gasteiger partial charge >= 0.3 is 0 Å². The van der Waals surface area contributed by atoms with E-state index in [-0.39, 0.29) is 12.5 Å². The Kier molecular flexibility index (Phi) is 7.67. The summed E-state index contributed by atoms with van der Waals surface area (Å²) >= 11 is 0. The summed E-state index contributed by atoms with van der Waals surface area (Å²) in [5.74, 6) is 1.70. The zero-order valence-corrected chi connectivity index (χ0v) is 16.2. The van der Waals surface area contributed by atoms with E-state index in [1.807, 2.05) is 51.1 Å². The van der Waals surface area contributed by atoms with E-state index in [2.05, 4.69) is 10.5 Å². The van der Waals surface area contributed by atoms with Crippen LogP contribution >= 0.6 is 0 Å². The lowest BCUT2D eigenvalue weighted by Gasteiger charge is -2.11. The zero-order chi connectivity index (χ0) is 19.6. The second kappa shape index (κ2) is 10.2. The molecule has 0 aromatic heterocycles. The van der Waals surface area contributed by atoms with Gasteiger partial charge in [-0.2, -0.15) is 5.10 Å². The number of rotatable bonds is 9. The molecule has 0 bridgehead atoms. The zero-order valence-electron chi connectivity index (χ0n) is 16.2. The van der Waals surface area contributed by atoms with Gasteiger partial charge in [-0.15, -0.1) is 0 Å². The molecule has 1 N–H and O–H groups in total. The Morgan fingerprint density at radius 3 is 2.52 bits per heavy atom. The number of methoxy groups -OCH3 is 1. The molecule has 27 heavy (non-hydrogen) atoms. The fourth-order valence-electron chi connectivity index (χ4n) is 2.47. The van der Waals surface area contributed by atoms with Gasteiger partial charge in [-0.25, -0.2) is 5.43 Å². The molecule has 0 radical (unpaired) electrons. The Morgan fingerprint density at radius 1 is 1.11 bits per heavy atom. The molecule has 0 atom stereocenters. The molecule has 6 heteroatoms. The fraction of sp³-hybridized carbons (Fsp3) is 0.333. The lowest BCUT2D eigenvalue weighted by Crippen LogP contribution is -2.25. The van der Waals surface area contributed by atoms with Gasteiger partial charge in [0.25, 0.3) is 5.91 Å². The summed E-state index contributed by atoms with van der Waals surface area (Å²) in [4.78, 5) is 11.9. The lowest BCUT2D eigenvalue weighted by atomic mass is 10.1. The van der Waals surface area contributed by atoms with Gasteiger partial charge in [0.1, 0.15) is 5.75 Å². The van der Waals surface area contributed by atoms with Crippen molar-refractivity contribution in [1.82, 2.24) is 5.43 Å². The number of nitrogens with one attached hydrogen (secondary N) is 1. The van der Waals surface area contributed by atoms with Gasteiger partial charge in [-0.1, -0.05) is 25.1 Å². The second-order valence-corrected chi connectivity index (χ2v) is 6.06. The van der Waals surface area contributed by atoms with Crippen molar-refractivity contribution < 1.29 is 19.0 Å². The summed E-state index contributed by atoms with van der Waals surface area (Å²) in [6.07, 6.45) is 2.46. The minimum atomic E-state index is -0.330. The number of nitrogens with zero attached hydrogens (tertiary/aromatic N) is 1. The van der Waals surface area contributed by atoms with Crippen molar-refractivity contribution in [3.05, 3.63) is 53.1 Å². The maximum Gasteiger partial charge on any atom is 0.277 e. The van der Waals surface area contributed by atoms with Crippen LogP contribution in [0.25, 0.3) is 0 Å². The number of carbonyl (C=O) groups is 1. The van der Waals surface area contributed by atoms with Gasteiger partial charge in [-0.3, -0.25) is 4.79 Å². The Morgan fingerprint density at radius 2 is 1.85 bits per heavy atom. The minimum absolute atomic E-state index is 0.101. The molecule has 2 aromatic rings. The number of hydrazone groups is 1. The Balaban J connectivity index is 1.90. The molecule has 0 spiro atoms. The highest BCUT2D eigenvalue weighted by atomic mass is 16.5. The number of carbonyl (C=O) groups excluding carboxylic acids is 1. The molecule has 0 saturated heterocycles. The molecule has 2 rings (SSSR count). The van der Waals surface area contributed by atoms with Crippen molar-refractivity contribution in [3.63, 3.8) is 0 Å². The third kappa shape index (κ3) is 6.02. The molecule has 144 valence electrons. The van der Waals surface area contributed by atoms with Gasteiger partial charge in [-0.05, 0) is 55.2 Å². The normalized spacial score (nSPS) is 10.7. The van der Waals surface area contributed by atoms with E-state index < -0.39 is 0 Å². The maximum atomic E-state index is 11.9. The summed E-state index contributed by atoms with van der Waals surface area (Å²) in [6, 6.07) is 11.3. The third-order valence-corrected chi connectivity index (χ3v) is 3.81. The van der Waals surface area contributed by atoms with E-state index in [4.69, 9.17) is 14.2 Å². The topological polar surface area (TPSA) is 69.2 Å². The van der Waals surface area contributed by atoms with Crippen LogP contribution in [0.5, 0.6) is 17.2 Å². The molecule has 0 fully saturated rings. The van der Waals surface area contributed by atoms with Crippen molar-refractivity contribution in [2.24, 2.45) is 5.10 Å². The predicted octanol–water partition coefficient (Wildman–Crippen LogP) is 3.63. The first-order chi connectivity index (χ1) is 13.0. The van der Waals surface area contributed by atoms with Crippen LogP contribution in [0.15, 0.2) is 41.5 Å². The molecule has 0 unspecified atom stereocenters. The van der Waals surface area contributed by atoms with Gasteiger partial charge < -0.3 is 14.2 Å². The smallest absolute Gasteiger partial charge is 0.277 e. The predicted molar refractivity (Wildman–Crippen MR) is 106 cm³/mol. The summed E-state index contributed by atoms with van der Waals surface area (Å²) in [6.45, 7) is 6.45. The van der Waals surface area contributed by atoms with Crippen LogP contribution in [0, 0.1) is 13.8 Å². The standard InChI is InChI=1S/C21H26N2O4/c1-5-11-26-18-10-9-17(12-19(18)25-4)13-22-23-20(24)14-27-21-15(2)7-6-8-16(21)3/h6-10,12-13H,5,11,14H2,1-4H3,(H,23,24). The summed E-state index contributed by atoms with van der Waals surface area (Å²) < 4.78 is 16.5. The van der Waals surface area contributed by atoms with E-state index in [1.165, 1.54) is 0 Å². The maximum absolute atomic E-state index is 11.9. The lowest BCUT2D eigenvalue weighted by molar-refractivity contribution is -0.123. The number of benzene rings is 2. The molecule has 0 heterocycles. The highest BCUT2D eigenvalue weighted by Gasteiger charge is 2.07. The summed E-state index contributed by atoms with van der Waals surface area (Å²) in [5.41, 5.74) is 5.22. The molecule has 0 saturated carbocycles. The SMILES string of the molecule is CCCOc1ccc(C=NNC(=O)COc2c(C)cccc2C)cc1OC. The fourth-order valence-corrected chi connectivity index (χ4v) is 2.47. The highest BCUT2D eigenvalue weighted by molar-refractivity contribution is 5.83. The number of hydrogen-bond donors (Lipinski definition) is 1. The van der Waals surface area contributed by atoms with E-state index in [0.717, 1.165) is 28.9 Å². The van der Waals surface area contributed by atoms with Gasteiger partial charge in [0.05, 0.1) is 19.9 Å². The largest absolute Gasteiger partial charge is 0.493 e. The van der Waals surface area contributed by atoms with Crippen molar-refractivity contribution in [2.45, 2.75) is 27.2 Å². The first kappa shape index (κ1) is 20.3. The first-order valence-corrected chi connectivity index (χ1v) is 8.87. The number of hydrogen-bond acceptors (Lipinski definition) is 5. The van der Waals surface area contributed by atoms with Crippen molar-refractivity contribution >= 4 is 12.1 Å².